The third-order valence-electron chi connectivity index (χ3n) is 2.71. The van der Waals surface area contributed by atoms with Crippen LogP contribution in [-0.4, -0.2) is 27.3 Å². The molecule has 1 N–H and O–H groups in total. The number of benzene rings is 1. The molecule has 3 nitrogen and oxygen atoms in total. The van der Waals surface area contributed by atoms with Gasteiger partial charge in [-0.1, -0.05) is 13.0 Å². The van der Waals surface area contributed by atoms with Gasteiger partial charge in [0, 0.05) is 0 Å². The van der Waals surface area contributed by atoms with Gasteiger partial charge in [-0.15, -0.1) is 0 Å². The van der Waals surface area contributed by atoms with Gasteiger partial charge in [-0.05, 0) is 50.6 Å². The first kappa shape index (κ1) is 13.8. The number of aryl methyl sites for hydroxylation is 1. The molecule has 17 heavy (non-hydrogen) atoms. The highest BCUT2D eigenvalue weighted by molar-refractivity contribution is 5.42. The van der Waals surface area contributed by atoms with Gasteiger partial charge < -0.3 is 14.8 Å². The third kappa shape index (κ3) is 4.65. The van der Waals surface area contributed by atoms with Crippen LogP contribution in [-0.2, 0) is 6.42 Å². The first-order chi connectivity index (χ1) is 8.31. The number of unbranched alkanes of at least 4 members (excludes halogenated alkanes) is 1. The molecule has 0 spiro atoms. The highest BCUT2D eigenvalue weighted by Crippen LogP contribution is 2.28. The van der Waals surface area contributed by atoms with E-state index in [0.717, 1.165) is 43.9 Å². The Hall–Kier alpha value is -1.22. The molecule has 1 rings (SSSR count). The lowest BCUT2D eigenvalue weighted by atomic mass is 10.1. The number of ether oxygens (including phenoxy) is 2. The molecule has 0 saturated heterocycles. The van der Waals surface area contributed by atoms with E-state index >= 15 is 0 Å². The molecule has 0 bridgehead atoms. The fraction of sp³-hybridized carbons (Fsp3) is 0.571. The zero-order valence-corrected chi connectivity index (χ0v) is 11.1. The lowest BCUT2D eigenvalue weighted by Crippen LogP contribution is -2.09. The van der Waals surface area contributed by atoms with Crippen molar-refractivity contribution in [3.05, 3.63) is 23.8 Å². The smallest absolute Gasteiger partial charge is 0.161 e. The van der Waals surface area contributed by atoms with Gasteiger partial charge in [0.25, 0.3) is 0 Å². The molecule has 0 saturated carbocycles. The van der Waals surface area contributed by atoms with E-state index in [9.17, 15) is 0 Å². The number of rotatable bonds is 8. The molecule has 0 heterocycles. The van der Waals surface area contributed by atoms with Crippen LogP contribution in [0.1, 0.15) is 25.3 Å². The van der Waals surface area contributed by atoms with Gasteiger partial charge >= 0.3 is 0 Å². The molecule has 0 fully saturated rings. The predicted molar refractivity (Wildman–Crippen MR) is 71.0 cm³/mol. The first-order valence-corrected chi connectivity index (χ1v) is 6.26. The van der Waals surface area contributed by atoms with Crippen molar-refractivity contribution in [3.63, 3.8) is 0 Å². The van der Waals surface area contributed by atoms with E-state index in [0.29, 0.717) is 0 Å². The molecule has 96 valence electrons. The van der Waals surface area contributed by atoms with Crippen molar-refractivity contribution in [2.75, 3.05) is 27.3 Å². The van der Waals surface area contributed by atoms with E-state index in [-0.39, 0.29) is 0 Å². The van der Waals surface area contributed by atoms with E-state index in [1.807, 2.05) is 19.2 Å². The van der Waals surface area contributed by atoms with Crippen LogP contribution in [0.2, 0.25) is 0 Å². The van der Waals surface area contributed by atoms with Crippen LogP contribution < -0.4 is 14.8 Å². The lowest BCUT2D eigenvalue weighted by molar-refractivity contribution is 0.286. The average Bonchev–Trinajstić information content (AvgIpc) is 2.38. The van der Waals surface area contributed by atoms with Crippen molar-refractivity contribution in [2.24, 2.45) is 0 Å². The SMILES string of the molecule is CCc1ccc(OCCCCNC)c(OC)c1. The van der Waals surface area contributed by atoms with Crippen LogP contribution in [0.3, 0.4) is 0 Å². The number of nitrogens with one attached hydrogen (secondary N) is 1. The zero-order chi connectivity index (χ0) is 12.5. The molecule has 3 heteroatoms. The summed E-state index contributed by atoms with van der Waals surface area (Å²) >= 11 is 0. The maximum absolute atomic E-state index is 5.72. The van der Waals surface area contributed by atoms with Gasteiger partial charge in [0.1, 0.15) is 0 Å². The molecule has 0 unspecified atom stereocenters. The van der Waals surface area contributed by atoms with Crippen LogP contribution in [0.25, 0.3) is 0 Å². The first-order valence-electron chi connectivity index (χ1n) is 6.26. The summed E-state index contributed by atoms with van der Waals surface area (Å²) in [6.45, 7) is 3.91. The Bertz CT molecular complexity index is 326. The molecule has 0 amide bonds. The molecule has 0 atom stereocenters. The van der Waals surface area contributed by atoms with E-state index in [1.165, 1.54) is 5.56 Å². The fourth-order valence-electron chi connectivity index (χ4n) is 1.64. The minimum atomic E-state index is 0.740. The molecule has 0 aliphatic carbocycles. The summed E-state index contributed by atoms with van der Waals surface area (Å²) in [6, 6.07) is 6.13. The summed E-state index contributed by atoms with van der Waals surface area (Å²) in [6.07, 6.45) is 3.20. The summed E-state index contributed by atoms with van der Waals surface area (Å²) in [4.78, 5) is 0. The Morgan fingerprint density at radius 2 is 2.00 bits per heavy atom. The van der Waals surface area contributed by atoms with Crippen LogP contribution >= 0.6 is 0 Å². The average molecular weight is 237 g/mol. The molecule has 1 aromatic rings. The number of hydrogen-bond acceptors (Lipinski definition) is 3. The van der Waals surface area contributed by atoms with Crippen molar-refractivity contribution < 1.29 is 9.47 Å². The predicted octanol–water partition coefficient (Wildman–Crippen LogP) is 2.64. The summed E-state index contributed by atoms with van der Waals surface area (Å²) < 4.78 is 11.0. The Labute approximate surface area is 104 Å². The van der Waals surface area contributed by atoms with Gasteiger partial charge in [-0.25, -0.2) is 0 Å². The molecule has 1 aromatic carbocycles. The van der Waals surface area contributed by atoms with Crippen molar-refractivity contribution in [1.82, 2.24) is 5.32 Å². The van der Waals surface area contributed by atoms with Gasteiger partial charge in [0.2, 0.25) is 0 Å². The van der Waals surface area contributed by atoms with Crippen LogP contribution in [0.4, 0.5) is 0 Å². The number of methoxy groups -OCH3 is 1. The van der Waals surface area contributed by atoms with Gasteiger partial charge in [-0.3, -0.25) is 0 Å². The zero-order valence-electron chi connectivity index (χ0n) is 11.1. The topological polar surface area (TPSA) is 30.5 Å². The van der Waals surface area contributed by atoms with Gasteiger partial charge in [-0.2, -0.15) is 0 Å². The molecule has 0 aliphatic heterocycles. The minimum Gasteiger partial charge on any atom is -0.493 e. The molecular formula is C14H23NO2. The van der Waals surface area contributed by atoms with E-state index in [1.54, 1.807) is 7.11 Å². The summed E-state index contributed by atoms with van der Waals surface area (Å²) in [5, 5.41) is 3.12. The van der Waals surface area contributed by atoms with Crippen molar-refractivity contribution in [1.29, 1.82) is 0 Å². The Kier molecular flexibility index (Phi) is 6.48. The lowest BCUT2D eigenvalue weighted by Gasteiger charge is -2.11. The second kappa shape index (κ2) is 7.96. The quantitative estimate of drug-likeness (QED) is 0.705. The van der Waals surface area contributed by atoms with Gasteiger partial charge in [0.05, 0.1) is 13.7 Å². The molecule has 0 aromatic heterocycles. The highest BCUT2D eigenvalue weighted by Gasteiger charge is 2.04. The third-order valence-corrected chi connectivity index (χ3v) is 2.71. The monoisotopic (exact) mass is 237 g/mol. The molecule has 0 radical (unpaired) electrons. The second-order valence-corrected chi connectivity index (χ2v) is 4.00. The Morgan fingerprint density at radius 3 is 2.65 bits per heavy atom. The van der Waals surface area contributed by atoms with E-state index < -0.39 is 0 Å². The maximum Gasteiger partial charge on any atom is 0.161 e. The van der Waals surface area contributed by atoms with E-state index in [2.05, 4.69) is 18.3 Å². The van der Waals surface area contributed by atoms with Crippen molar-refractivity contribution in [3.8, 4) is 11.5 Å². The van der Waals surface area contributed by atoms with Crippen molar-refractivity contribution in [2.45, 2.75) is 26.2 Å². The van der Waals surface area contributed by atoms with E-state index in [4.69, 9.17) is 9.47 Å². The van der Waals surface area contributed by atoms with Crippen LogP contribution in [0, 0.1) is 0 Å². The van der Waals surface area contributed by atoms with Gasteiger partial charge in [0.15, 0.2) is 11.5 Å². The molecule has 0 aliphatic rings. The van der Waals surface area contributed by atoms with Crippen LogP contribution in [0.5, 0.6) is 11.5 Å². The number of hydrogen-bond donors (Lipinski definition) is 1. The summed E-state index contributed by atoms with van der Waals surface area (Å²) in [5.74, 6) is 1.67. The largest absolute Gasteiger partial charge is 0.493 e. The maximum atomic E-state index is 5.72. The van der Waals surface area contributed by atoms with Crippen molar-refractivity contribution >= 4 is 0 Å². The fourth-order valence-corrected chi connectivity index (χ4v) is 1.64. The normalized spacial score (nSPS) is 10.3. The standard InChI is InChI=1S/C14H23NO2/c1-4-12-7-8-13(14(11-12)16-3)17-10-6-5-9-15-2/h7-8,11,15H,4-6,9-10H2,1-3H3. The highest BCUT2D eigenvalue weighted by atomic mass is 16.5. The Balaban J connectivity index is 2.46. The summed E-state index contributed by atoms with van der Waals surface area (Å²) in [5.41, 5.74) is 1.27. The minimum absolute atomic E-state index is 0.740. The molecular weight excluding hydrogens is 214 g/mol. The summed E-state index contributed by atoms with van der Waals surface area (Å²) in [7, 11) is 3.65. The Morgan fingerprint density at radius 1 is 1.18 bits per heavy atom. The van der Waals surface area contributed by atoms with Crippen LogP contribution in [0.15, 0.2) is 18.2 Å². The second-order valence-electron chi connectivity index (χ2n) is 4.00.